The second kappa shape index (κ2) is 7.58. The van der Waals surface area contributed by atoms with E-state index in [-0.39, 0.29) is 5.60 Å². The molecule has 2 aliphatic heterocycles. The van der Waals surface area contributed by atoms with Crippen molar-refractivity contribution in [2.24, 2.45) is 0 Å². The van der Waals surface area contributed by atoms with Gasteiger partial charge in [-0.2, -0.15) is 0 Å². The molecule has 1 N–H and O–H groups in total. The minimum atomic E-state index is 0.0973. The summed E-state index contributed by atoms with van der Waals surface area (Å²) in [6.07, 6.45) is 4.66. The number of nitrogens with zero attached hydrogens (tertiary/aromatic N) is 1. The highest BCUT2D eigenvalue weighted by Crippen LogP contribution is 2.27. The molecular weight excluding hydrogens is 240 g/mol. The lowest BCUT2D eigenvalue weighted by Gasteiger charge is -2.38. The van der Waals surface area contributed by atoms with Gasteiger partial charge in [0, 0.05) is 25.7 Å². The smallest absolute Gasteiger partial charge is 0.0666 e. The fourth-order valence-electron chi connectivity index (χ4n) is 2.98. The van der Waals surface area contributed by atoms with Gasteiger partial charge in [-0.15, -0.1) is 0 Å². The van der Waals surface area contributed by atoms with Crippen LogP contribution in [-0.4, -0.2) is 62.5 Å². The van der Waals surface area contributed by atoms with Crippen molar-refractivity contribution in [1.82, 2.24) is 10.2 Å². The van der Waals surface area contributed by atoms with Crippen LogP contribution in [-0.2, 0) is 9.47 Å². The zero-order valence-electron chi connectivity index (χ0n) is 12.6. The van der Waals surface area contributed by atoms with Gasteiger partial charge in [0.1, 0.15) is 0 Å². The van der Waals surface area contributed by atoms with Crippen LogP contribution in [0.1, 0.15) is 39.5 Å². The fourth-order valence-corrected chi connectivity index (χ4v) is 2.98. The number of nitrogens with one attached hydrogen (secondary N) is 1. The largest absolute Gasteiger partial charge is 0.379 e. The normalized spacial score (nSPS) is 33.5. The number of hydrogen-bond acceptors (Lipinski definition) is 4. The van der Waals surface area contributed by atoms with Crippen molar-refractivity contribution in [2.75, 3.05) is 46.0 Å². The quantitative estimate of drug-likeness (QED) is 0.744. The highest BCUT2D eigenvalue weighted by molar-refractivity contribution is 4.85. The minimum absolute atomic E-state index is 0.0973. The maximum absolute atomic E-state index is 5.88. The molecule has 2 rings (SSSR count). The molecule has 2 saturated heterocycles. The average molecular weight is 270 g/mol. The van der Waals surface area contributed by atoms with Gasteiger partial charge in [-0.05, 0) is 45.7 Å². The summed E-state index contributed by atoms with van der Waals surface area (Å²) in [7, 11) is 0. The zero-order valence-corrected chi connectivity index (χ0v) is 12.6. The summed E-state index contributed by atoms with van der Waals surface area (Å²) < 4.78 is 11.2. The van der Waals surface area contributed by atoms with Gasteiger partial charge in [0.2, 0.25) is 0 Å². The van der Waals surface area contributed by atoms with Gasteiger partial charge in [-0.1, -0.05) is 6.92 Å². The van der Waals surface area contributed by atoms with E-state index in [0.717, 1.165) is 58.7 Å². The Balaban J connectivity index is 1.57. The highest BCUT2D eigenvalue weighted by Gasteiger charge is 2.31. The molecule has 0 saturated carbocycles. The number of morpholine rings is 1. The van der Waals surface area contributed by atoms with Crippen LogP contribution in [0.4, 0.5) is 0 Å². The maximum Gasteiger partial charge on any atom is 0.0666 e. The topological polar surface area (TPSA) is 33.7 Å². The van der Waals surface area contributed by atoms with Gasteiger partial charge >= 0.3 is 0 Å². The SMILES string of the molecule is CCC1(C)CC(NCCCN2CCOCC2)CCO1. The first-order chi connectivity index (χ1) is 9.22. The van der Waals surface area contributed by atoms with Crippen LogP contribution in [0, 0.1) is 0 Å². The van der Waals surface area contributed by atoms with E-state index < -0.39 is 0 Å². The molecule has 0 aliphatic carbocycles. The number of hydrogen-bond donors (Lipinski definition) is 1. The molecule has 0 spiro atoms. The van der Waals surface area contributed by atoms with Gasteiger partial charge in [0.15, 0.2) is 0 Å². The lowest BCUT2D eigenvalue weighted by Crippen LogP contribution is -2.45. The third kappa shape index (κ3) is 5.03. The van der Waals surface area contributed by atoms with E-state index in [4.69, 9.17) is 9.47 Å². The summed E-state index contributed by atoms with van der Waals surface area (Å²) in [5.41, 5.74) is 0.0973. The molecule has 2 atom stereocenters. The van der Waals surface area contributed by atoms with E-state index in [1.165, 1.54) is 13.0 Å². The summed E-state index contributed by atoms with van der Waals surface area (Å²) in [5.74, 6) is 0. The highest BCUT2D eigenvalue weighted by atomic mass is 16.5. The molecule has 0 bridgehead atoms. The van der Waals surface area contributed by atoms with Crippen LogP contribution >= 0.6 is 0 Å². The van der Waals surface area contributed by atoms with E-state index in [1.54, 1.807) is 0 Å². The molecule has 112 valence electrons. The van der Waals surface area contributed by atoms with Crippen molar-refractivity contribution < 1.29 is 9.47 Å². The molecule has 19 heavy (non-hydrogen) atoms. The van der Waals surface area contributed by atoms with Gasteiger partial charge in [-0.3, -0.25) is 4.90 Å². The third-order valence-corrected chi connectivity index (χ3v) is 4.53. The van der Waals surface area contributed by atoms with Crippen LogP contribution in [0.3, 0.4) is 0 Å². The lowest BCUT2D eigenvalue weighted by molar-refractivity contribution is -0.0779. The fraction of sp³-hybridized carbons (Fsp3) is 1.00. The van der Waals surface area contributed by atoms with Gasteiger partial charge in [-0.25, -0.2) is 0 Å². The first kappa shape index (κ1) is 15.2. The van der Waals surface area contributed by atoms with Crippen LogP contribution in [0.15, 0.2) is 0 Å². The van der Waals surface area contributed by atoms with E-state index in [2.05, 4.69) is 24.1 Å². The van der Waals surface area contributed by atoms with Crippen molar-refractivity contribution >= 4 is 0 Å². The zero-order chi connectivity index (χ0) is 13.6. The summed E-state index contributed by atoms with van der Waals surface area (Å²) in [5, 5.41) is 3.71. The Morgan fingerprint density at radius 3 is 2.79 bits per heavy atom. The van der Waals surface area contributed by atoms with Gasteiger partial charge < -0.3 is 14.8 Å². The molecule has 0 aromatic rings. The van der Waals surface area contributed by atoms with Crippen LogP contribution < -0.4 is 5.32 Å². The molecular formula is C15H30N2O2. The summed E-state index contributed by atoms with van der Waals surface area (Å²) in [6.45, 7) is 11.7. The molecule has 4 heteroatoms. The van der Waals surface area contributed by atoms with Gasteiger partial charge in [0.25, 0.3) is 0 Å². The summed E-state index contributed by atoms with van der Waals surface area (Å²) in [6, 6.07) is 0.642. The molecule has 2 unspecified atom stereocenters. The Labute approximate surface area is 117 Å². The maximum atomic E-state index is 5.88. The number of rotatable bonds is 6. The number of ether oxygens (including phenoxy) is 2. The van der Waals surface area contributed by atoms with Crippen molar-refractivity contribution in [1.29, 1.82) is 0 Å². The second-order valence-corrected chi connectivity index (χ2v) is 6.10. The standard InChI is InChI=1S/C15H30N2O2/c1-3-15(2)13-14(5-10-19-15)16-6-4-7-17-8-11-18-12-9-17/h14,16H,3-13H2,1-2H3. The van der Waals surface area contributed by atoms with E-state index in [9.17, 15) is 0 Å². The molecule has 2 aliphatic rings. The van der Waals surface area contributed by atoms with Crippen molar-refractivity contribution in [2.45, 2.75) is 51.2 Å². The van der Waals surface area contributed by atoms with Crippen LogP contribution in [0.25, 0.3) is 0 Å². The predicted octanol–water partition coefficient (Wildman–Crippen LogP) is 1.65. The van der Waals surface area contributed by atoms with Gasteiger partial charge in [0.05, 0.1) is 18.8 Å². The lowest BCUT2D eigenvalue weighted by atomic mass is 9.90. The molecule has 0 aromatic heterocycles. The first-order valence-electron chi connectivity index (χ1n) is 7.89. The molecule has 0 aromatic carbocycles. The van der Waals surface area contributed by atoms with Crippen molar-refractivity contribution in [3.05, 3.63) is 0 Å². The minimum Gasteiger partial charge on any atom is -0.379 e. The molecule has 0 amide bonds. The van der Waals surface area contributed by atoms with Crippen LogP contribution in [0.5, 0.6) is 0 Å². The van der Waals surface area contributed by atoms with E-state index in [0.29, 0.717) is 6.04 Å². The summed E-state index contributed by atoms with van der Waals surface area (Å²) >= 11 is 0. The molecule has 2 fully saturated rings. The summed E-state index contributed by atoms with van der Waals surface area (Å²) in [4.78, 5) is 2.51. The Morgan fingerprint density at radius 2 is 2.05 bits per heavy atom. The van der Waals surface area contributed by atoms with Crippen LogP contribution in [0.2, 0.25) is 0 Å². The van der Waals surface area contributed by atoms with Crippen molar-refractivity contribution in [3.8, 4) is 0 Å². The first-order valence-corrected chi connectivity index (χ1v) is 7.89. The van der Waals surface area contributed by atoms with E-state index >= 15 is 0 Å². The second-order valence-electron chi connectivity index (χ2n) is 6.10. The third-order valence-electron chi connectivity index (χ3n) is 4.53. The van der Waals surface area contributed by atoms with E-state index in [1.807, 2.05) is 0 Å². The average Bonchev–Trinajstić information content (AvgIpc) is 2.45. The predicted molar refractivity (Wildman–Crippen MR) is 77.5 cm³/mol. The Hall–Kier alpha value is -0.160. The molecule has 0 radical (unpaired) electrons. The molecule has 4 nitrogen and oxygen atoms in total. The van der Waals surface area contributed by atoms with Crippen molar-refractivity contribution in [3.63, 3.8) is 0 Å². The Kier molecular flexibility index (Phi) is 6.07. The monoisotopic (exact) mass is 270 g/mol. The molecule has 2 heterocycles. The Morgan fingerprint density at radius 1 is 1.26 bits per heavy atom. The Bertz CT molecular complexity index is 257.